The number of rotatable bonds is 5. The summed E-state index contributed by atoms with van der Waals surface area (Å²) in [5.74, 6) is 6.07. The highest BCUT2D eigenvalue weighted by molar-refractivity contribution is 5.88. The van der Waals surface area contributed by atoms with Crippen molar-refractivity contribution in [2.75, 3.05) is 18.5 Å². The molecule has 0 spiro atoms. The molecule has 0 unspecified atom stereocenters. The molecular weight excluding hydrogens is 282 g/mol. The molecule has 0 aliphatic carbocycles. The van der Waals surface area contributed by atoms with Crippen molar-refractivity contribution in [1.29, 1.82) is 0 Å². The molecule has 0 radical (unpaired) electrons. The fourth-order valence-corrected chi connectivity index (χ4v) is 1.54. The molecule has 0 bridgehead atoms. The molecule has 1 rings (SSSR count). The monoisotopic (exact) mass is 303 g/mol. The van der Waals surface area contributed by atoms with Gasteiger partial charge in [0.15, 0.2) is 0 Å². The van der Waals surface area contributed by atoms with Crippen LogP contribution in [0.1, 0.15) is 20.8 Å². The number of hydrogen-bond donors (Lipinski definition) is 3. The van der Waals surface area contributed by atoms with E-state index in [4.69, 9.17) is 4.74 Å². The number of anilines is 1. The van der Waals surface area contributed by atoms with Gasteiger partial charge in [0.25, 0.3) is 0 Å². The van der Waals surface area contributed by atoms with Crippen LogP contribution in [0.3, 0.4) is 0 Å². The average Bonchev–Trinajstić information content (AvgIpc) is 2.41. The molecule has 0 heterocycles. The zero-order chi connectivity index (χ0) is 16.4. The second-order valence-electron chi connectivity index (χ2n) is 4.83. The van der Waals surface area contributed by atoms with E-state index >= 15 is 0 Å². The maximum atomic E-state index is 11.3. The molecule has 3 amide bonds. The molecule has 0 atom stereocenters. The Morgan fingerprint density at radius 2 is 2.05 bits per heavy atom. The Balaban J connectivity index is 2.31. The van der Waals surface area contributed by atoms with Crippen LogP contribution in [0.15, 0.2) is 24.3 Å². The van der Waals surface area contributed by atoms with E-state index in [2.05, 4.69) is 27.8 Å². The van der Waals surface area contributed by atoms with Crippen LogP contribution in [0.5, 0.6) is 5.75 Å². The van der Waals surface area contributed by atoms with Gasteiger partial charge in [-0.1, -0.05) is 17.9 Å². The summed E-state index contributed by atoms with van der Waals surface area (Å²) < 4.78 is 5.45. The minimum absolute atomic E-state index is 0.0900. The third-order valence-corrected chi connectivity index (χ3v) is 2.35. The molecule has 0 fully saturated rings. The van der Waals surface area contributed by atoms with Gasteiger partial charge in [0, 0.05) is 24.7 Å². The number of carbonyl (C=O) groups excluding carboxylic acids is 2. The number of carbonyl (C=O) groups is 2. The molecule has 6 nitrogen and oxygen atoms in total. The molecule has 3 N–H and O–H groups in total. The van der Waals surface area contributed by atoms with Crippen molar-refractivity contribution < 1.29 is 14.3 Å². The van der Waals surface area contributed by atoms with Crippen LogP contribution in [-0.4, -0.2) is 31.1 Å². The topological polar surface area (TPSA) is 79.5 Å². The molecule has 0 saturated heterocycles. The fraction of sp³-hybridized carbons (Fsp3) is 0.375. The van der Waals surface area contributed by atoms with Gasteiger partial charge in [0.2, 0.25) is 5.91 Å². The molecule has 0 aromatic heterocycles. The summed E-state index contributed by atoms with van der Waals surface area (Å²) in [6.07, 6.45) is 0. The highest BCUT2D eigenvalue weighted by atomic mass is 16.5. The Bertz CT molecular complexity index is 573. The molecule has 6 heteroatoms. The van der Waals surface area contributed by atoms with Crippen molar-refractivity contribution >= 4 is 17.6 Å². The minimum Gasteiger partial charge on any atom is -0.481 e. The van der Waals surface area contributed by atoms with Crippen LogP contribution in [0, 0.1) is 11.8 Å². The number of nitrogens with one attached hydrogen (secondary N) is 3. The van der Waals surface area contributed by atoms with Crippen molar-refractivity contribution in [3.63, 3.8) is 0 Å². The number of urea groups is 1. The predicted molar refractivity (Wildman–Crippen MR) is 85.7 cm³/mol. The van der Waals surface area contributed by atoms with E-state index < -0.39 is 0 Å². The van der Waals surface area contributed by atoms with Crippen molar-refractivity contribution in [3.8, 4) is 17.6 Å². The second-order valence-corrected chi connectivity index (χ2v) is 4.83. The minimum atomic E-state index is -0.242. The number of hydrogen-bond acceptors (Lipinski definition) is 3. The number of amides is 3. The van der Waals surface area contributed by atoms with Crippen molar-refractivity contribution in [1.82, 2.24) is 10.6 Å². The van der Waals surface area contributed by atoms with Crippen LogP contribution in [0.25, 0.3) is 0 Å². The molecule has 22 heavy (non-hydrogen) atoms. The van der Waals surface area contributed by atoms with Crippen molar-refractivity contribution in [2.24, 2.45) is 0 Å². The van der Waals surface area contributed by atoms with Gasteiger partial charge in [-0.25, -0.2) is 4.79 Å². The SMILES string of the molecule is CC(=O)Nc1cccc(OCC#CCNC(=O)NC(C)C)c1. The van der Waals surface area contributed by atoms with E-state index in [0.29, 0.717) is 11.4 Å². The Hall–Kier alpha value is -2.68. The maximum Gasteiger partial charge on any atom is 0.315 e. The lowest BCUT2D eigenvalue weighted by atomic mass is 10.3. The molecule has 1 aromatic rings. The molecule has 0 saturated carbocycles. The van der Waals surface area contributed by atoms with Crippen LogP contribution in [0.2, 0.25) is 0 Å². The molecular formula is C16H21N3O3. The van der Waals surface area contributed by atoms with Crippen LogP contribution < -0.4 is 20.7 Å². The van der Waals surface area contributed by atoms with Gasteiger partial charge in [-0.15, -0.1) is 0 Å². The normalized spacial score (nSPS) is 9.45. The Labute approximate surface area is 130 Å². The Morgan fingerprint density at radius 3 is 2.73 bits per heavy atom. The first kappa shape index (κ1) is 17.4. The standard InChI is InChI=1S/C16H21N3O3/c1-12(2)18-16(21)17-9-4-5-10-22-15-8-6-7-14(11-15)19-13(3)20/h6-8,11-12H,9-10H2,1-3H3,(H,19,20)(H2,17,18,21). The third kappa shape index (κ3) is 7.80. The first-order valence-corrected chi connectivity index (χ1v) is 6.98. The summed E-state index contributed by atoms with van der Waals surface area (Å²) in [6.45, 7) is 5.68. The summed E-state index contributed by atoms with van der Waals surface area (Å²) in [4.78, 5) is 22.2. The Kier molecular flexibility index (Phi) is 7.34. The zero-order valence-electron chi connectivity index (χ0n) is 13.0. The van der Waals surface area contributed by atoms with Gasteiger partial charge < -0.3 is 20.7 Å². The van der Waals surface area contributed by atoms with E-state index in [0.717, 1.165) is 0 Å². The van der Waals surface area contributed by atoms with Gasteiger partial charge in [-0.3, -0.25) is 4.79 Å². The molecule has 1 aromatic carbocycles. The summed E-state index contributed by atoms with van der Waals surface area (Å²) >= 11 is 0. The fourth-order valence-electron chi connectivity index (χ4n) is 1.54. The highest BCUT2D eigenvalue weighted by Crippen LogP contribution is 2.16. The van der Waals surface area contributed by atoms with Crippen LogP contribution in [-0.2, 0) is 4.79 Å². The third-order valence-electron chi connectivity index (χ3n) is 2.35. The van der Waals surface area contributed by atoms with Gasteiger partial charge >= 0.3 is 6.03 Å². The largest absolute Gasteiger partial charge is 0.481 e. The van der Waals surface area contributed by atoms with Gasteiger partial charge in [0.05, 0.1) is 6.54 Å². The molecule has 0 aliphatic rings. The van der Waals surface area contributed by atoms with E-state index in [9.17, 15) is 9.59 Å². The summed E-state index contributed by atoms with van der Waals surface area (Å²) in [6, 6.07) is 6.90. The molecule has 0 aliphatic heterocycles. The lowest BCUT2D eigenvalue weighted by Crippen LogP contribution is -2.39. The van der Waals surface area contributed by atoms with Gasteiger partial charge in [-0.2, -0.15) is 0 Å². The second kappa shape index (κ2) is 9.29. The van der Waals surface area contributed by atoms with E-state index in [1.807, 2.05) is 13.8 Å². The lowest BCUT2D eigenvalue weighted by Gasteiger charge is -2.07. The van der Waals surface area contributed by atoms with Gasteiger partial charge in [-0.05, 0) is 26.0 Å². The summed E-state index contributed by atoms with van der Waals surface area (Å²) in [5.41, 5.74) is 0.671. The highest BCUT2D eigenvalue weighted by Gasteiger charge is 1.99. The number of ether oxygens (including phenoxy) is 1. The quantitative estimate of drug-likeness (QED) is 0.725. The smallest absolute Gasteiger partial charge is 0.315 e. The lowest BCUT2D eigenvalue weighted by molar-refractivity contribution is -0.114. The van der Waals surface area contributed by atoms with Gasteiger partial charge in [0.1, 0.15) is 12.4 Å². The Morgan fingerprint density at radius 1 is 1.27 bits per heavy atom. The summed E-state index contributed by atoms with van der Waals surface area (Å²) in [5, 5.41) is 7.99. The van der Waals surface area contributed by atoms with Crippen molar-refractivity contribution in [3.05, 3.63) is 24.3 Å². The molecule has 118 valence electrons. The van der Waals surface area contributed by atoms with Crippen LogP contribution in [0.4, 0.5) is 10.5 Å². The van der Waals surface area contributed by atoms with Crippen molar-refractivity contribution in [2.45, 2.75) is 26.8 Å². The average molecular weight is 303 g/mol. The van der Waals surface area contributed by atoms with E-state index in [-0.39, 0.29) is 31.1 Å². The predicted octanol–water partition coefficient (Wildman–Crippen LogP) is 1.73. The first-order valence-electron chi connectivity index (χ1n) is 6.98. The number of benzene rings is 1. The van der Waals surface area contributed by atoms with Crippen LogP contribution >= 0.6 is 0 Å². The summed E-state index contributed by atoms with van der Waals surface area (Å²) in [7, 11) is 0. The maximum absolute atomic E-state index is 11.3. The van der Waals surface area contributed by atoms with E-state index in [1.54, 1.807) is 24.3 Å². The first-order chi connectivity index (χ1) is 10.5. The van der Waals surface area contributed by atoms with E-state index in [1.165, 1.54) is 6.92 Å². The zero-order valence-corrected chi connectivity index (χ0v) is 13.0.